The number of H-pyrrole nitrogens is 1. The third kappa shape index (κ3) is 1.87. The Balaban J connectivity index is 2.44. The summed E-state index contributed by atoms with van der Waals surface area (Å²) in [5, 5.41) is 0. The van der Waals surface area contributed by atoms with E-state index in [4.69, 9.17) is 0 Å². The van der Waals surface area contributed by atoms with Gasteiger partial charge in [-0.2, -0.15) is 0 Å². The molecule has 0 bridgehead atoms. The monoisotopic (exact) mass is 214 g/mol. The summed E-state index contributed by atoms with van der Waals surface area (Å²) in [6.07, 6.45) is 4.77. The number of aromatic amines is 1. The van der Waals surface area contributed by atoms with Crippen LogP contribution in [0, 0.1) is 6.92 Å². The molecule has 1 atom stereocenters. The number of imidazole rings is 1. The molecule has 84 valence electrons. The highest BCUT2D eigenvalue weighted by molar-refractivity contribution is 5.38. The average molecular weight is 214 g/mol. The van der Waals surface area contributed by atoms with E-state index in [1.54, 1.807) is 0 Å². The second-order valence-electron chi connectivity index (χ2n) is 4.19. The largest absolute Gasteiger partial charge is 0.348 e. The molecule has 0 spiro atoms. The van der Waals surface area contributed by atoms with Crippen molar-refractivity contribution in [3.8, 4) is 0 Å². The molecule has 2 nitrogen and oxygen atoms in total. The lowest BCUT2D eigenvalue weighted by molar-refractivity contribution is 0.821. The first-order chi connectivity index (χ1) is 7.74. The standard InChI is InChI=1S/C14H18N2/c1-4-12-10(2)6-5-7-13(12)11(3)14-15-8-9-16-14/h5-9,11H,4H2,1-3H3,(H,15,16)/t11-/m0/s1. The maximum absolute atomic E-state index is 4.34. The molecule has 16 heavy (non-hydrogen) atoms. The van der Waals surface area contributed by atoms with Crippen LogP contribution in [0.3, 0.4) is 0 Å². The van der Waals surface area contributed by atoms with Crippen molar-refractivity contribution in [2.24, 2.45) is 0 Å². The molecule has 0 saturated carbocycles. The number of aryl methyl sites for hydroxylation is 1. The molecule has 1 aromatic heterocycles. The fourth-order valence-corrected chi connectivity index (χ4v) is 2.28. The van der Waals surface area contributed by atoms with Crippen LogP contribution in [0.5, 0.6) is 0 Å². The summed E-state index contributed by atoms with van der Waals surface area (Å²) in [6, 6.07) is 6.51. The minimum Gasteiger partial charge on any atom is -0.348 e. The van der Waals surface area contributed by atoms with Gasteiger partial charge in [-0.15, -0.1) is 0 Å². The molecule has 2 aromatic rings. The molecule has 0 radical (unpaired) electrons. The fraction of sp³-hybridized carbons (Fsp3) is 0.357. The van der Waals surface area contributed by atoms with Crippen LogP contribution >= 0.6 is 0 Å². The molecule has 0 fully saturated rings. The van der Waals surface area contributed by atoms with E-state index in [-0.39, 0.29) is 0 Å². The smallest absolute Gasteiger partial charge is 0.113 e. The molecule has 2 rings (SSSR count). The lowest BCUT2D eigenvalue weighted by atomic mass is 9.91. The number of aromatic nitrogens is 2. The van der Waals surface area contributed by atoms with Gasteiger partial charge in [0.05, 0.1) is 0 Å². The predicted molar refractivity (Wildman–Crippen MR) is 66.7 cm³/mol. The zero-order valence-corrected chi connectivity index (χ0v) is 10.1. The maximum Gasteiger partial charge on any atom is 0.113 e. The minimum absolute atomic E-state index is 0.338. The summed E-state index contributed by atoms with van der Waals surface area (Å²) in [5.74, 6) is 1.38. The summed E-state index contributed by atoms with van der Waals surface area (Å²) >= 11 is 0. The highest BCUT2D eigenvalue weighted by atomic mass is 14.9. The highest BCUT2D eigenvalue weighted by Gasteiger charge is 2.14. The number of hydrogen-bond donors (Lipinski definition) is 1. The lowest BCUT2D eigenvalue weighted by Crippen LogP contribution is -2.03. The van der Waals surface area contributed by atoms with E-state index in [0.29, 0.717) is 5.92 Å². The Kier molecular flexibility index (Phi) is 3.09. The summed E-state index contributed by atoms with van der Waals surface area (Å²) in [5.41, 5.74) is 4.21. The first-order valence-corrected chi connectivity index (χ1v) is 5.81. The van der Waals surface area contributed by atoms with Gasteiger partial charge < -0.3 is 4.98 Å². The molecule has 1 heterocycles. The van der Waals surface area contributed by atoms with Crippen LogP contribution in [0.2, 0.25) is 0 Å². The SMILES string of the molecule is CCc1c(C)cccc1[C@H](C)c1ncc[nH]1. The van der Waals surface area contributed by atoms with Crippen LogP contribution in [-0.2, 0) is 6.42 Å². The van der Waals surface area contributed by atoms with Gasteiger partial charge in [-0.25, -0.2) is 4.98 Å². The zero-order chi connectivity index (χ0) is 11.5. The Morgan fingerprint density at radius 3 is 2.81 bits per heavy atom. The van der Waals surface area contributed by atoms with E-state index >= 15 is 0 Å². The summed E-state index contributed by atoms with van der Waals surface area (Å²) < 4.78 is 0. The molecular formula is C14H18N2. The second kappa shape index (κ2) is 4.52. The molecule has 0 aliphatic heterocycles. The molecule has 1 N–H and O–H groups in total. The van der Waals surface area contributed by atoms with E-state index in [9.17, 15) is 0 Å². The van der Waals surface area contributed by atoms with Crippen LogP contribution < -0.4 is 0 Å². The molecule has 1 aromatic carbocycles. The molecule has 0 aliphatic carbocycles. The van der Waals surface area contributed by atoms with Gasteiger partial charge >= 0.3 is 0 Å². The van der Waals surface area contributed by atoms with E-state index in [2.05, 4.69) is 48.9 Å². The fourth-order valence-electron chi connectivity index (χ4n) is 2.28. The normalized spacial score (nSPS) is 12.7. The number of nitrogens with zero attached hydrogens (tertiary/aromatic N) is 1. The molecule has 2 heteroatoms. The molecule has 0 aliphatic rings. The predicted octanol–water partition coefficient (Wildman–Crippen LogP) is 3.43. The highest BCUT2D eigenvalue weighted by Crippen LogP contribution is 2.26. The van der Waals surface area contributed by atoms with Crippen molar-refractivity contribution >= 4 is 0 Å². The number of hydrogen-bond acceptors (Lipinski definition) is 1. The van der Waals surface area contributed by atoms with Crippen LogP contribution in [0.4, 0.5) is 0 Å². The lowest BCUT2D eigenvalue weighted by Gasteiger charge is -2.15. The van der Waals surface area contributed by atoms with Gasteiger partial charge in [0, 0.05) is 18.3 Å². The summed E-state index contributed by atoms with van der Waals surface area (Å²) in [4.78, 5) is 7.54. The van der Waals surface area contributed by atoms with Crippen molar-refractivity contribution < 1.29 is 0 Å². The van der Waals surface area contributed by atoms with Gasteiger partial charge in [-0.3, -0.25) is 0 Å². The van der Waals surface area contributed by atoms with Gasteiger partial charge in [0.25, 0.3) is 0 Å². The van der Waals surface area contributed by atoms with Gasteiger partial charge in [0.1, 0.15) is 5.82 Å². The molecule has 0 unspecified atom stereocenters. The van der Waals surface area contributed by atoms with E-state index in [0.717, 1.165) is 12.2 Å². The zero-order valence-electron chi connectivity index (χ0n) is 10.1. The first-order valence-electron chi connectivity index (χ1n) is 5.81. The third-order valence-electron chi connectivity index (χ3n) is 3.20. The minimum atomic E-state index is 0.338. The van der Waals surface area contributed by atoms with Gasteiger partial charge in [-0.1, -0.05) is 32.0 Å². The summed E-state index contributed by atoms with van der Waals surface area (Å²) in [7, 11) is 0. The Labute approximate surface area is 96.7 Å². The van der Waals surface area contributed by atoms with Gasteiger partial charge in [0.15, 0.2) is 0 Å². The average Bonchev–Trinajstić information content (AvgIpc) is 2.81. The van der Waals surface area contributed by atoms with E-state index in [1.807, 2.05) is 12.4 Å². The summed E-state index contributed by atoms with van der Waals surface area (Å²) in [6.45, 7) is 6.59. The van der Waals surface area contributed by atoms with Gasteiger partial charge in [-0.05, 0) is 30.0 Å². The molecule has 0 saturated heterocycles. The van der Waals surface area contributed by atoms with Crippen molar-refractivity contribution in [1.82, 2.24) is 9.97 Å². The number of nitrogens with one attached hydrogen (secondary N) is 1. The van der Waals surface area contributed by atoms with Crippen LogP contribution in [-0.4, -0.2) is 9.97 Å². The molecular weight excluding hydrogens is 196 g/mol. The second-order valence-corrected chi connectivity index (χ2v) is 4.19. The topological polar surface area (TPSA) is 28.7 Å². The molecule has 0 amide bonds. The van der Waals surface area contributed by atoms with Crippen LogP contribution in [0.15, 0.2) is 30.6 Å². The number of benzene rings is 1. The van der Waals surface area contributed by atoms with Crippen molar-refractivity contribution in [1.29, 1.82) is 0 Å². The Morgan fingerprint density at radius 1 is 1.38 bits per heavy atom. The Morgan fingerprint density at radius 2 is 2.19 bits per heavy atom. The van der Waals surface area contributed by atoms with Crippen molar-refractivity contribution in [2.45, 2.75) is 33.1 Å². The van der Waals surface area contributed by atoms with Crippen molar-refractivity contribution in [2.75, 3.05) is 0 Å². The quantitative estimate of drug-likeness (QED) is 0.833. The van der Waals surface area contributed by atoms with E-state index < -0.39 is 0 Å². The Bertz CT molecular complexity index is 458. The van der Waals surface area contributed by atoms with Crippen LogP contribution in [0.25, 0.3) is 0 Å². The van der Waals surface area contributed by atoms with Crippen molar-refractivity contribution in [3.05, 3.63) is 53.1 Å². The maximum atomic E-state index is 4.34. The van der Waals surface area contributed by atoms with E-state index in [1.165, 1.54) is 16.7 Å². The Hall–Kier alpha value is -1.57. The van der Waals surface area contributed by atoms with Gasteiger partial charge in [0.2, 0.25) is 0 Å². The first kappa shape index (κ1) is 10.9. The third-order valence-corrected chi connectivity index (χ3v) is 3.20. The number of rotatable bonds is 3. The van der Waals surface area contributed by atoms with Crippen molar-refractivity contribution in [3.63, 3.8) is 0 Å². The van der Waals surface area contributed by atoms with Crippen LogP contribution in [0.1, 0.15) is 42.3 Å².